The first-order chi connectivity index (χ1) is 19.2. The minimum Gasteiger partial charge on any atom is -0.760 e. The summed E-state index contributed by atoms with van der Waals surface area (Å²) in [6, 6.07) is 10.3. The van der Waals surface area contributed by atoms with Crippen LogP contribution in [0.4, 0.5) is 8.78 Å². The minimum atomic E-state index is -2.39. The Balaban J connectivity index is 1.58. The molecule has 0 bridgehead atoms. The lowest BCUT2D eigenvalue weighted by Crippen LogP contribution is -2.43. The Morgan fingerprint density at radius 2 is 1.77 bits per heavy atom. The normalized spacial score (nSPS) is 15.5. The molecule has 5 rings (SSSR count). The van der Waals surface area contributed by atoms with Crippen LogP contribution in [0.3, 0.4) is 0 Å². The van der Waals surface area contributed by atoms with Crippen molar-refractivity contribution in [2.75, 3.05) is 39.8 Å². The molecule has 1 aliphatic rings. The molecule has 0 saturated carbocycles. The van der Waals surface area contributed by atoms with Gasteiger partial charge in [-0.05, 0) is 49.4 Å². The zero-order valence-corrected chi connectivity index (χ0v) is 23.0. The van der Waals surface area contributed by atoms with Gasteiger partial charge in [0.2, 0.25) is 0 Å². The summed E-state index contributed by atoms with van der Waals surface area (Å²) in [5, 5.41) is 0.688. The lowest BCUT2D eigenvalue weighted by molar-refractivity contribution is 0.147. The van der Waals surface area contributed by atoms with E-state index in [2.05, 4.69) is 26.6 Å². The summed E-state index contributed by atoms with van der Waals surface area (Å²) < 4.78 is 59.7. The van der Waals surface area contributed by atoms with Gasteiger partial charge in [-0.3, -0.25) is 13.9 Å². The third-order valence-corrected chi connectivity index (χ3v) is 7.53. The molecule has 2 aromatic heterocycles. The lowest BCUT2D eigenvalue weighted by atomic mass is 9.99. The molecule has 1 unspecified atom stereocenters. The molecule has 40 heavy (non-hydrogen) atoms. The molecule has 212 valence electrons. The molecule has 1 saturated heterocycles. The van der Waals surface area contributed by atoms with Crippen LogP contribution in [-0.4, -0.2) is 67.9 Å². The lowest BCUT2D eigenvalue weighted by Gasteiger charge is -2.31. The van der Waals surface area contributed by atoms with Gasteiger partial charge in [0.25, 0.3) is 5.56 Å². The zero-order chi connectivity index (χ0) is 28.4. The fourth-order valence-electron chi connectivity index (χ4n) is 4.92. The van der Waals surface area contributed by atoms with Crippen LogP contribution in [0, 0.1) is 11.6 Å². The molecular weight excluding hydrogens is 540 g/mol. The Morgan fingerprint density at radius 3 is 2.50 bits per heavy atom. The second-order valence-corrected chi connectivity index (χ2v) is 10.8. The van der Waals surface area contributed by atoms with Gasteiger partial charge in [0.05, 0.1) is 0 Å². The van der Waals surface area contributed by atoms with Crippen LogP contribution in [0.1, 0.15) is 11.3 Å². The number of fused-ring (bicyclic) bond motifs is 1. The number of aromatic nitrogens is 2. The molecule has 9 nitrogen and oxygen atoms in total. The van der Waals surface area contributed by atoms with Gasteiger partial charge in [-0.15, -0.1) is 0 Å². The van der Waals surface area contributed by atoms with Crippen LogP contribution in [0.2, 0.25) is 0 Å². The van der Waals surface area contributed by atoms with Gasteiger partial charge in [0, 0.05) is 92.1 Å². The number of nitrogens with one attached hydrogen (secondary N) is 2. The highest BCUT2D eigenvalue weighted by molar-refractivity contribution is 7.77. The molecule has 0 aliphatic carbocycles. The molecule has 2 N–H and O–H groups in total. The number of aryl methyl sites for hydroxylation is 1. The smallest absolute Gasteiger partial charge is 0.274 e. The molecule has 1 fully saturated rings. The number of halogens is 2. The molecule has 0 radical (unpaired) electrons. The Hall–Kier alpha value is -3.42. The van der Waals surface area contributed by atoms with Crippen molar-refractivity contribution in [2.45, 2.75) is 13.0 Å². The van der Waals surface area contributed by atoms with Crippen LogP contribution in [0.25, 0.3) is 22.0 Å². The van der Waals surface area contributed by atoms with Crippen molar-refractivity contribution >= 4 is 22.2 Å². The molecule has 0 spiro atoms. The van der Waals surface area contributed by atoms with Gasteiger partial charge < -0.3 is 23.7 Å². The molecule has 1 atom stereocenters. The standard InChI is InChI=1S/C28H31F2N5O4S/c1-33-9-11-35(12-10-33)16-20-15-22-23(17-34(2)28(36)27(22)32-20)21-13-18(7-8-31-40(37)38)3-5-25(21)39-26-6-4-19(29)14-24(26)30/h3-6,13-15,17,31-32H,7-12,16H2,1-2H3,(H,37,38)/p-1. The van der Waals surface area contributed by atoms with Crippen molar-refractivity contribution < 1.29 is 22.3 Å². The molecule has 12 heteroatoms. The summed E-state index contributed by atoms with van der Waals surface area (Å²) in [6.07, 6.45) is 2.10. The number of hydrogen-bond donors (Lipinski definition) is 2. The quantitative estimate of drug-likeness (QED) is 0.299. The highest BCUT2D eigenvalue weighted by Gasteiger charge is 2.20. The molecule has 3 heterocycles. The van der Waals surface area contributed by atoms with Crippen LogP contribution in [0.5, 0.6) is 11.5 Å². The van der Waals surface area contributed by atoms with E-state index in [0.717, 1.165) is 49.6 Å². The Labute approximate surface area is 232 Å². The summed E-state index contributed by atoms with van der Waals surface area (Å²) in [6.45, 7) is 4.62. The number of hydrogen-bond acceptors (Lipinski definition) is 6. The molecule has 2 aromatic carbocycles. The highest BCUT2D eigenvalue weighted by atomic mass is 32.2. The summed E-state index contributed by atoms with van der Waals surface area (Å²) in [7, 11) is 3.75. The van der Waals surface area contributed by atoms with Crippen molar-refractivity contribution in [3.63, 3.8) is 0 Å². The van der Waals surface area contributed by atoms with E-state index in [1.807, 2.05) is 12.1 Å². The first-order valence-corrected chi connectivity index (χ1v) is 14.0. The largest absolute Gasteiger partial charge is 0.760 e. The average Bonchev–Trinajstić information content (AvgIpc) is 3.34. The topological polar surface area (TPSA) is 106 Å². The van der Waals surface area contributed by atoms with Crippen molar-refractivity contribution in [2.24, 2.45) is 7.05 Å². The van der Waals surface area contributed by atoms with Gasteiger partial charge >= 0.3 is 0 Å². The van der Waals surface area contributed by atoms with Gasteiger partial charge in [-0.1, -0.05) is 6.07 Å². The second-order valence-electron chi connectivity index (χ2n) is 10.0. The van der Waals surface area contributed by atoms with Crippen LogP contribution < -0.4 is 15.0 Å². The van der Waals surface area contributed by atoms with E-state index in [1.165, 1.54) is 10.6 Å². The average molecular weight is 571 g/mol. The first-order valence-electron chi connectivity index (χ1n) is 12.9. The number of rotatable bonds is 9. The van der Waals surface area contributed by atoms with E-state index in [1.54, 1.807) is 25.4 Å². The number of likely N-dealkylation sites (N-methyl/N-ethyl adjacent to an activating group) is 1. The van der Waals surface area contributed by atoms with E-state index in [-0.39, 0.29) is 17.9 Å². The Bertz CT molecular complexity index is 1610. The summed E-state index contributed by atoms with van der Waals surface area (Å²) in [5.41, 5.74) is 3.21. The summed E-state index contributed by atoms with van der Waals surface area (Å²) in [5.74, 6) is -1.41. The number of H-pyrrole nitrogens is 1. The number of nitrogens with zero attached hydrogens (tertiary/aromatic N) is 3. The van der Waals surface area contributed by atoms with Gasteiger partial charge in [0.1, 0.15) is 17.1 Å². The maximum Gasteiger partial charge on any atom is 0.274 e. The minimum absolute atomic E-state index is 0.148. The fraction of sp³-hybridized carbons (Fsp3) is 0.321. The SMILES string of the molecule is CN1CCN(Cc2cc3c(-c4cc(CCNS(=O)[O-])ccc4Oc4ccc(F)cc4F)cn(C)c(=O)c3[nH]2)CC1. The predicted molar refractivity (Wildman–Crippen MR) is 149 cm³/mol. The third kappa shape index (κ3) is 6.31. The number of ether oxygens (including phenoxy) is 1. The fourth-order valence-corrected chi connectivity index (χ4v) is 5.19. The number of piperazine rings is 1. The Morgan fingerprint density at radius 1 is 1.02 bits per heavy atom. The Kier molecular flexibility index (Phi) is 8.43. The molecular formula is C28H30F2N5O4S-. The molecule has 1 aliphatic heterocycles. The summed E-state index contributed by atoms with van der Waals surface area (Å²) >= 11 is -2.39. The van der Waals surface area contributed by atoms with Crippen molar-refractivity contribution in [3.05, 3.63) is 81.9 Å². The second kappa shape index (κ2) is 12.0. The van der Waals surface area contributed by atoms with Crippen LogP contribution >= 0.6 is 0 Å². The van der Waals surface area contributed by atoms with E-state index in [0.29, 0.717) is 40.7 Å². The number of aromatic amines is 1. The van der Waals surface area contributed by atoms with E-state index in [4.69, 9.17) is 4.74 Å². The molecule has 0 amide bonds. The van der Waals surface area contributed by atoms with Crippen LogP contribution in [0.15, 0.2) is 53.5 Å². The number of benzene rings is 2. The maximum atomic E-state index is 14.5. The van der Waals surface area contributed by atoms with Gasteiger partial charge in [-0.2, -0.15) is 0 Å². The monoisotopic (exact) mass is 570 g/mol. The van der Waals surface area contributed by atoms with Crippen molar-refractivity contribution in [1.29, 1.82) is 0 Å². The van der Waals surface area contributed by atoms with Gasteiger partial charge in [-0.25, -0.2) is 13.5 Å². The summed E-state index contributed by atoms with van der Waals surface area (Å²) in [4.78, 5) is 21.0. The van der Waals surface area contributed by atoms with Crippen LogP contribution in [-0.2, 0) is 31.3 Å². The van der Waals surface area contributed by atoms with E-state index >= 15 is 0 Å². The van der Waals surface area contributed by atoms with E-state index in [9.17, 15) is 22.3 Å². The van der Waals surface area contributed by atoms with E-state index < -0.39 is 22.9 Å². The van der Waals surface area contributed by atoms with Gasteiger partial charge in [0.15, 0.2) is 11.6 Å². The zero-order valence-electron chi connectivity index (χ0n) is 22.2. The van der Waals surface area contributed by atoms with Crippen molar-refractivity contribution in [3.8, 4) is 22.6 Å². The highest BCUT2D eigenvalue weighted by Crippen LogP contribution is 2.38. The predicted octanol–water partition coefficient (Wildman–Crippen LogP) is 3.28. The van der Waals surface area contributed by atoms with Crippen molar-refractivity contribution in [1.82, 2.24) is 24.1 Å². The number of pyridine rings is 1. The maximum absolute atomic E-state index is 14.5. The third-order valence-electron chi connectivity index (χ3n) is 7.09. The first kappa shape index (κ1) is 28.1. The molecule has 4 aromatic rings.